The normalized spacial score (nSPS) is 12.4. The standard InChI is InChI=1S/C30H36ClN3O4S/c1-22(2)19-32-30(36)28(18-24-11-6-5-7-12-24)34(20-25-13-9-8-10-23(25)3)29(35)21-33(4)39(37,38)27-16-14-26(31)15-17-27/h5-17,22,28H,18-21H2,1-4H3,(H,32,36)/t28-/m0/s1. The fourth-order valence-electron chi connectivity index (χ4n) is 4.10. The van der Waals surface area contributed by atoms with Crippen molar-refractivity contribution in [2.45, 2.75) is 44.7 Å². The molecular weight excluding hydrogens is 534 g/mol. The van der Waals surface area contributed by atoms with E-state index in [1.165, 1.54) is 36.2 Å². The number of halogens is 1. The van der Waals surface area contributed by atoms with E-state index in [1.54, 1.807) is 0 Å². The Kier molecular flexibility index (Phi) is 10.7. The molecule has 208 valence electrons. The van der Waals surface area contributed by atoms with Gasteiger partial charge < -0.3 is 10.2 Å². The van der Waals surface area contributed by atoms with Gasteiger partial charge in [0.15, 0.2) is 0 Å². The molecule has 0 aliphatic carbocycles. The predicted octanol–water partition coefficient (Wildman–Crippen LogP) is 4.68. The molecule has 0 saturated heterocycles. The van der Waals surface area contributed by atoms with Crippen LogP contribution in [-0.2, 0) is 32.6 Å². The van der Waals surface area contributed by atoms with Crippen molar-refractivity contribution in [1.29, 1.82) is 0 Å². The van der Waals surface area contributed by atoms with E-state index in [0.29, 0.717) is 11.6 Å². The van der Waals surface area contributed by atoms with E-state index in [2.05, 4.69) is 5.32 Å². The van der Waals surface area contributed by atoms with E-state index in [0.717, 1.165) is 21.0 Å². The third kappa shape index (κ3) is 8.39. The summed E-state index contributed by atoms with van der Waals surface area (Å²) in [5.74, 6) is -0.529. The second kappa shape index (κ2) is 13.7. The van der Waals surface area contributed by atoms with Gasteiger partial charge in [-0.15, -0.1) is 0 Å². The zero-order valence-electron chi connectivity index (χ0n) is 22.8. The molecule has 3 rings (SSSR count). The van der Waals surface area contributed by atoms with Crippen molar-refractivity contribution in [3.05, 3.63) is 101 Å². The summed E-state index contributed by atoms with van der Waals surface area (Å²) in [6.07, 6.45) is 0.288. The van der Waals surface area contributed by atoms with E-state index in [9.17, 15) is 18.0 Å². The number of hydrogen-bond donors (Lipinski definition) is 1. The molecule has 9 heteroatoms. The second-order valence-corrected chi connectivity index (χ2v) is 12.5. The molecule has 0 aliphatic heterocycles. The van der Waals surface area contributed by atoms with Crippen LogP contribution in [-0.4, -0.2) is 55.6 Å². The van der Waals surface area contributed by atoms with Gasteiger partial charge in [-0.1, -0.05) is 80.0 Å². The summed E-state index contributed by atoms with van der Waals surface area (Å²) in [5.41, 5.74) is 2.74. The third-order valence-corrected chi connectivity index (χ3v) is 8.51. The largest absolute Gasteiger partial charge is 0.354 e. The lowest BCUT2D eigenvalue weighted by molar-refractivity contribution is -0.141. The molecule has 3 aromatic carbocycles. The van der Waals surface area contributed by atoms with Crippen molar-refractivity contribution in [2.75, 3.05) is 20.1 Å². The van der Waals surface area contributed by atoms with Gasteiger partial charge >= 0.3 is 0 Å². The van der Waals surface area contributed by atoms with E-state index >= 15 is 0 Å². The van der Waals surface area contributed by atoms with Crippen molar-refractivity contribution in [1.82, 2.24) is 14.5 Å². The maximum atomic E-state index is 13.9. The smallest absolute Gasteiger partial charge is 0.243 e. The highest BCUT2D eigenvalue weighted by atomic mass is 35.5. The number of benzene rings is 3. The molecule has 0 aromatic heterocycles. The van der Waals surface area contributed by atoms with Gasteiger partial charge in [0.1, 0.15) is 6.04 Å². The maximum Gasteiger partial charge on any atom is 0.243 e. The Morgan fingerprint density at radius 1 is 0.923 bits per heavy atom. The maximum absolute atomic E-state index is 13.9. The fourth-order valence-corrected chi connectivity index (χ4v) is 5.35. The van der Waals surface area contributed by atoms with Gasteiger partial charge in [-0.2, -0.15) is 4.31 Å². The average molecular weight is 570 g/mol. The number of sulfonamides is 1. The number of carbonyl (C=O) groups excluding carboxylic acids is 2. The first kappa shape index (κ1) is 30.3. The summed E-state index contributed by atoms with van der Waals surface area (Å²) in [7, 11) is -2.61. The first-order valence-corrected chi connectivity index (χ1v) is 14.7. The lowest BCUT2D eigenvalue weighted by Gasteiger charge is -2.33. The summed E-state index contributed by atoms with van der Waals surface area (Å²) < 4.78 is 27.4. The number of nitrogens with zero attached hydrogens (tertiary/aromatic N) is 2. The molecule has 0 spiro atoms. The number of likely N-dealkylation sites (N-methyl/N-ethyl adjacent to an activating group) is 1. The summed E-state index contributed by atoms with van der Waals surface area (Å²) in [4.78, 5) is 29.0. The summed E-state index contributed by atoms with van der Waals surface area (Å²) >= 11 is 5.93. The van der Waals surface area contributed by atoms with Gasteiger partial charge in [-0.3, -0.25) is 9.59 Å². The number of amides is 2. The molecule has 2 amide bonds. The van der Waals surface area contributed by atoms with E-state index in [-0.39, 0.29) is 29.7 Å². The lowest BCUT2D eigenvalue weighted by atomic mass is 10.0. The minimum atomic E-state index is -3.97. The summed E-state index contributed by atoms with van der Waals surface area (Å²) in [5, 5.41) is 3.39. The Balaban J connectivity index is 1.97. The zero-order chi connectivity index (χ0) is 28.6. The van der Waals surface area contributed by atoms with Gasteiger partial charge in [0.05, 0.1) is 11.4 Å². The molecule has 39 heavy (non-hydrogen) atoms. The van der Waals surface area contributed by atoms with E-state index in [1.807, 2.05) is 75.4 Å². The summed E-state index contributed by atoms with van der Waals surface area (Å²) in [6.45, 7) is 6.13. The minimum Gasteiger partial charge on any atom is -0.354 e. The van der Waals surface area contributed by atoms with Crippen molar-refractivity contribution < 1.29 is 18.0 Å². The minimum absolute atomic E-state index is 0.0307. The molecule has 1 atom stereocenters. The van der Waals surface area contributed by atoms with Crippen molar-refractivity contribution in [3.63, 3.8) is 0 Å². The number of nitrogens with one attached hydrogen (secondary N) is 1. The van der Waals surface area contributed by atoms with Gasteiger partial charge in [0.25, 0.3) is 0 Å². The topological polar surface area (TPSA) is 86.8 Å². The predicted molar refractivity (Wildman–Crippen MR) is 155 cm³/mol. The quantitative estimate of drug-likeness (QED) is 0.343. The van der Waals surface area contributed by atoms with Crippen LogP contribution in [0.3, 0.4) is 0 Å². The van der Waals surface area contributed by atoms with E-state index < -0.39 is 28.5 Å². The van der Waals surface area contributed by atoms with E-state index in [4.69, 9.17) is 11.6 Å². The van der Waals surface area contributed by atoms with Gasteiger partial charge in [-0.05, 0) is 53.8 Å². The molecular formula is C30H36ClN3O4S. The number of rotatable bonds is 12. The highest BCUT2D eigenvalue weighted by Crippen LogP contribution is 2.20. The second-order valence-electron chi connectivity index (χ2n) is 10.0. The summed E-state index contributed by atoms with van der Waals surface area (Å²) in [6, 6.07) is 22.1. The van der Waals surface area contributed by atoms with Crippen LogP contribution in [0.25, 0.3) is 0 Å². The first-order valence-electron chi connectivity index (χ1n) is 12.9. The number of carbonyl (C=O) groups is 2. The monoisotopic (exact) mass is 569 g/mol. The van der Waals surface area contributed by atoms with Crippen LogP contribution in [0, 0.1) is 12.8 Å². The highest BCUT2D eigenvalue weighted by Gasteiger charge is 2.33. The van der Waals surface area contributed by atoms with Crippen molar-refractivity contribution >= 4 is 33.4 Å². The first-order chi connectivity index (χ1) is 18.5. The molecule has 0 saturated carbocycles. The van der Waals surface area contributed by atoms with Crippen LogP contribution in [0.2, 0.25) is 5.02 Å². The molecule has 0 aliphatic rings. The van der Waals surface area contributed by atoms with Crippen molar-refractivity contribution in [3.8, 4) is 0 Å². The third-order valence-electron chi connectivity index (χ3n) is 6.44. The van der Waals surface area contributed by atoms with Gasteiger partial charge in [0, 0.05) is 31.6 Å². The van der Waals surface area contributed by atoms with Crippen LogP contribution in [0.1, 0.15) is 30.5 Å². The van der Waals surface area contributed by atoms with Crippen molar-refractivity contribution in [2.24, 2.45) is 5.92 Å². The molecule has 0 unspecified atom stereocenters. The fraction of sp³-hybridized carbons (Fsp3) is 0.333. The van der Waals surface area contributed by atoms with Crippen LogP contribution in [0.15, 0.2) is 83.8 Å². The van der Waals surface area contributed by atoms with Crippen LogP contribution < -0.4 is 5.32 Å². The van der Waals surface area contributed by atoms with Crippen LogP contribution in [0.4, 0.5) is 0 Å². The van der Waals surface area contributed by atoms with Gasteiger partial charge in [0.2, 0.25) is 21.8 Å². The average Bonchev–Trinajstić information content (AvgIpc) is 2.91. The SMILES string of the molecule is Cc1ccccc1CN(C(=O)CN(C)S(=O)(=O)c1ccc(Cl)cc1)[C@@H](Cc1ccccc1)C(=O)NCC(C)C. The Morgan fingerprint density at radius 2 is 1.54 bits per heavy atom. The molecule has 0 radical (unpaired) electrons. The van der Waals surface area contributed by atoms with Gasteiger partial charge in [-0.25, -0.2) is 8.42 Å². The molecule has 3 aromatic rings. The zero-order valence-corrected chi connectivity index (χ0v) is 24.4. The Bertz CT molecular complexity index is 1360. The molecule has 0 fully saturated rings. The molecule has 0 heterocycles. The van der Waals surface area contributed by atoms with Crippen LogP contribution >= 0.6 is 11.6 Å². The number of hydrogen-bond acceptors (Lipinski definition) is 4. The lowest BCUT2D eigenvalue weighted by Crippen LogP contribution is -2.53. The van der Waals surface area contributed by atoms with Crippen LogP contribution in [0.5, 0.6) is 0 Å². The Labute approximate surface area is 236 Å². The molecule has 1 N–H and O–H groups in total. The number of aryl methyl sites for hydroxylation is 1. The molecule has 0 bridgehead atoms. The highest BCUT2D eigenvalue weighted by molar-refractivity contribution is 7.89. The Hall–Kier alpha value is -3.20. The Morgan fingerprint density at radius 3 is 2.15 bits per heavy atom. The molecule has 7 nitrogen and oxygen atoms in total.